The largest absolute Gasteiger partial charge is 0.503 e. The zero-order valence-electron chi connectivity index (χ0n) is 17.8. The number of ether oxygens (including phenoxy) is 1. The van der Waals surface area contributed by atoms with E-state index in [-0.39, 0.29) is 11.3 Å². The lowest BCUT2D eigenvalue weighted by Gasteiger charge is -2.27. The SMILES string of the molecule is CC(=O)Oc1cccc(C2C(C(=O)c3cccs3)=C(O)C(=O)N2c2cc(C)cc(C)c2)c1. The molecule has 1 aliphatic heterocycles. The molecule has 0 bridgehead atoms. The minimum absolute atomic E-state index is 0.00316. The molecule has 6 nitrogen and oxygen atoms in total. The molecule has 0 spiro atoms. The highest BCUT2D eigenvalue weighted by Crippen LogP contribution is 2.43. The molecule has 2 heterocycles. The van der Waals surface area contributed by atoms with Crippen molar-refractivity contribution in [2.75, 3.05) is 4.90 Å². The Morgan fingerprint density at radius 1 is 1.03 bits per heavy atom. The number of aliphatic hydroxyl groups is 1. The Bertz CT molecular complexity index is 1240. The molecule has 0 aliphatic carbocycles. The second-order valence-electron chi connectivity index (χ2n) is 7.66. The number of amides is 1. The van der Waals surface area contributed by atoms with Gasteiger partial charge in [0.25, 0.3) is 5.91 Å². The van der Waals surface area contributed by atoms with Crippen molar-refractivity contribution in [1.82, 2.24) is 0 Å². The first-order valence-electron chi connectivity index (χ1n) is 9.98. The number of thiophene rings is 1. The Morgan fingerprint density at radius 3 is 2.38 bits per heavy atom. The number of hydrogen-bond donors (Lipinski definition) is 1. The fourth-order valence-electron chi connectivity index (χ4n) is 3.96. The van der Waals surface area contributed by atoms with Gasteiger partial charge in [-0.15, -0.1) is 11.3 Å². The zero-order chi connectivity index (χ0) is 23.0. The second-order valence-corrected chi connectivity index (χ2v) is 8.61. The van der Waals surface area contributed by atoms with Crippen LogP contribution in [0.4, 0.5) is 5.69 Å². The van der Waals surface area contributed by atoms with Gasteiger partial charge in [-0.1, -0.05) is 24.3 Å². The summed E-state index contributed by atoms with van der Waals surface area (Å²) in [7, 11) is 0. The van der Waals surface area contributed by atoms with Gasteiger partial charge >= 0.3 is 5.97 Å². The number of carbonyl (C=O) groups is 3. The van der Waals surface area contributed by atoms with E-state index in [1.54, 1.807) is 41.8 Å². The molecule has 1 aliphatic rings. The van der Waals surface area contributed by atoms with Gasteiger partial charge in [-0.3, -0.25) is 19.3 Å². The molecular formula is C25H21NO5S. The minimum atomic E-state index is -0.881. The highest BCUT2D eigenvalue weighted by atomic mass is 32.1. The average Bonchev–Trinajstić information content (AvgIpc) is 3.34. The molecule has 0 fully saturated rings. The third-order valence-corrected chi connectivity index (χ3v) is 5.99. The summed E-state index contributed by atoms with van der Waals surface area (Å²) in [4.78, 5) is 39.9. The van der Waals surface area contributed by atoms with Gasteiger partial charge < -0.3 is 9.84 Å². The Morgan fingerprint density at radius 2 is 1.75 bits per heavy atom. The smallest absolute Gasteiger partial charge is 0.308 e. The normalized spacial score (nSPS) is 15.9. The van der Waals surface area contributed by atoms with Gasteiger partial charge in [0, 0.05) is 12.6 Å². The van der Waals surface area contributed by atoms with E-state index in [9.17, 15) is 19.5 Å². The van der Waals surface area contributed by atoms with Crippen LogP contribution in [-0.4, -0.2) is 22.8 Å². The van der Waals surface area contributed by atoms with Crippen molar-refractivity contribution in [2.45, 2.75) is 26.8 Å². The van der Waals surface area contributed by atoms with Crippen molar-refractivity contribution >= 4 is 34.7 Å². The molecule has 1 unspecified atom stereocenters. The van der Waals surface area contributed by atoms with Crippen molar-refractivity contribution in [3.8, 4) is 5.75 Å². The summed E-state index contributed by atoms with van der Waals surface area (Å²) in [6.45, 7) is 5.13. The number of Topliss-reactive ketones (excluding diaryl/α,β-unsaturated/α-hetero) is 1. The predicted molar refractivity (Wildman–Crippen MR) is 122 cm³/mol. The number of nitrogens with zero attached hydrogens (tertiary/aromatic N) is 1. The molecule has 2 aromatic carbocycles. The van der Waals surface area contributed by atoms with Gasteiger partial charge in [0.2, 0.25) is 5.78 Å². The first-order chi connectivity index (χ1) is 15.3. The molecule has 1 N–H and O–H groups in total. The standard InChI is InChI=1S/C25H21NO5S/c1-14-10-15(2)12-18(11-14)26-22(17-6-4-7-19(13-17)31-16(3)27)21(24(29)25(26)30)23(28)20-8-5-9-32-20/h4-13,22,29H,1-3H3. The Kier molecular flexibility index (Phi) is 5.67. The average molecular weight is 448 g/mol. The fourth-order valence-corrected chi connectivity index (χ4v) is 4.64. The van der Waals surface area contributed by atoms with Crippen molar-refractivity contribution in [3.05, 3.63) is 92.9 Å². The monoisotopic (exact) mass is 447 g/mol. The third-order valence-electron chi connectivity index (χ3n) is 5.12. The maximum atomic E-state index is 13.3. The lowest BCUT2D eigenvalue weighted by molar-refractivity contribution is -0.131. The molecule has 3 aromatic rings. The lowest BCUT2D eigenvalue weighted by Crippen LogP contribution is -2.31. The summed E-state index contributed by atoms with van der Waals surface area (Å²) in [5.74, 6) is -1.84. The molecule has 32 heavy (non-hydrogen) atoms. The van der Waals surface area contributed by atoms with Crippen LogP contribution < -0.4 is 9.64 Å². The Hall–Kier alpha value is -3.71. The van der Waals surface area contributed by atoms with Gasteiger partial charge in [0.05, 0.1) is 16.5 Å². The van der Waals surface area contributed by atoms with Crippen molar-refractivity contribution < 1.29 is 24.2 Å². The van der Waals surface area contributed by atoms with Crippen LogP contribution in [-0.2, 0) is 9.59 Å². The second kappa shape index (κ2) is 8.43. The van der Waals surface area contributed by atoms with Crippen molar-refractivity contribution in [3.63, 3.8) is 0 Å². The number of ketones is 1. The zero-order valence-corrected chi connectivity index (χ0v) is 18.6. The first kappa shape index (κ1) is 21.5. The molecule has 162 valence electrons. The van der Waals surface area contributed by atoms with Crippen LogP contribution in [0.1, 0.15) is 39.3 Å². The van der Waals surface area contributed by atoms with E-state index in [0.29, 0.717) is 16.1 Å². The maximum absolute atomic E-state index is 13.3. The van der Waals surface area contributed by atoms with E-state index >= 15 is 0 Å². The summed E-state index contributed by atoms with van der Waals surface area (Å²) in [6.07, 6.45) is 0. The molecule has 4 rings (SSSR count). The highest BCUT2D eigenvalue weighted by Gasteiger charge is 2.45. The van der Waals surface area contributed by atoms with Crippen molar-refractivity contribution in [1.29, 1.82) is 0 Å². The van der Waals surface area contributed by atoms with Gasteiger partial charge in [0.15, 0.2) is 5.76 Å². The van der Waals surface area contributed by atoms with Crippen LogP contribution in [0.2, 0.25) is 0 Å². The summed E-state index contributed by atoms with van der Waals surface area (Å²) >= 11 is 1.24. The summed E-state index contributed by atoms with van der Waals surface area (Å²) in [5, 5.41) is 12.6. The number of aliphatic hydroxyl groups excluding tert-OH is 1. The molecule has 7 heteroatoms. The van der Waals surface area contributed by atoms with E-state index in [4.69, 9.17) is 4.74 Å². The number of carbonyl (C=O) groups excluding carboxylic acids is 3. The molecule has 0 radical (unpaired) electrons. The summed E-state index contributed by atoms with van der Waals surface area (Å²) in [6, 6.07) is 14.8. The molecule has 1 amide bonds. The van der Waals surface area contributed by atoms with Gasteiger partial charge in [-0.25, -0.2) is 0 Å². The van der Waals surface area contributed by atoms with Crippen LogP contribution in [0.25, 0.3) is 0 Å². The van der Waals surface area contributed by atoms with Crippen LogP contribution in [0.5, 0.6) is 5.75 Å². The Labute approximate surface area is 189 Å². The van der Waals surface area contributed by atoms with E-state index < -0.39 is 29.5 Å². The number of hydrogen-bond acceptors (Lipinski definition) is 6. The summed E-state index contributed by atoms with van der Waals surface area (Å²) < 4.78 is 5.21. The molecular weight excluding hydrogens is 426 g/mol. The van der Waals surface area contributed by atoms with E-state index in [1.807, 2.05) is 32.0 Å². The molecule has 1 aromatic heterocycles. The predicted octanol–water partition coefficient (Wildman–Crippen LogP) is 5.07. The third kappa shape index (κ3) is 3.94. The van der Waals surface area contributed by atoms with Crippen LogP contribution >= 0.6 is 11.3 Å². The number of anilines is 1. The minimum Gasteiger partial charge on any atom is -0.503 e. The number of rotatable bonds is 5. The van der Waals surface area contributed by atoms with E-state index in [2.05, 4.69) is 0 Å². The maximum Gasteiger partial charge on any atom is 0.308 e. The van der Waals surface area contributed by atoms with E-state index in [1.165, 1.54) is 23.2 Å². The van der Waals surface area contributed by atoms with Gasteiger partial charge in [-0.05, 0) is 66.2 Å². The highest BCUT2D eigenvalue weighted by molar-refractivity contribution is 7.12. The number of benzene rings is 2. The fraction of sp³-hybridized carbons (Fsp3) is 0.160. The van der Waals surface area contributed by atoms with Crippen molar-refractivity contribution in [2.24, 2.45) is 0 Å². The molecule has 0 saturated carbocycles. The van der Waals surface area contributed by atoms with Gasteiger partial charge in [-0.2, -0.15) is 0 Å². The summed E-state index contributed by atoms with van der Waals surface area (Å²) in [5.41, 5.74) is 2.99. The Balaban J connectivity index is 1.90. The quantitative estimate of drug-likeness (QED) is 0.335. The van der Waals surface area contributed by atoms with Gasteiger partial charge in [0.1, 0.15) is 5.75 Å². The van der Waals surface area contributed by atoms with Crippen LogP contribution in [0, 0.1) is 13.8 Å². The van der Waals surface area contributed by atoms with Crippen LogP contribution in [0.15, 0.2) is 71.3 Å². The lowest BCUT2D eigenvalue weighted by atomic mass is 9.94. The van der Waals surface area contributed by atoms with E-state index in [0.717, 1.165) is 11.1 Å². The topological polar surface area (TPSA) is 83.9 Å². The molecule has 0 saturated heterocycles. The molecule has 1 atom stereocenters. The number of aryl methyl sites for hydroxylation is 2. The number of esters is 1. The first-order valence-corrected chi connectivity index (χ1v) is 10.9. The van der Waals surface area contributed by atoms with Crippen LogP contribution in [0.3, 0.4) is 0 Å².